The SMILES string of the molecule is C=CN=C(C1=C(C)c2cccc3cccc1c23)c1ccc(-n2c3ccc(-c4ccccc4)cc3c3cc(-c4ccc5c(c4)c4cc(-c6ccccc6)ccc4n5C4C=CC=CC4)ccc32)cc1.CC. The van der Waals surface area contributed by atoms with Crippen LogP contribution in [0.1, 0.15) is 49.9 Å². The van der Waals surface area contributed by atoms with E-state index in [1.807, 2.05) is 13.8 Å². The van der Waals surface area contributed by atoms with Gasteiger partial charge in [-0.2, -0.15) is 0 Å². The van der Waals surface area contributed by atoms with Crippen molar-refractivity contribution in [3.63, 3.8) is 0 Å². The van der Waals surface area contributed by atoms with Crippen LogP contribution in [0.15, 0.2) is 236 Å². The van der Waals surface area contributed by atoms with Gasteiger partial charge in [0.25, 0.3) is 0 Å². The number of aromatic nitrogens is 2. The fraction of sp³-hybridized carbons (Fsp3) is 0.0758. The fourth-order valence-corrected chi connectivity index (χ4v) is 11.1. The Labute approximate surface area is 403 Å². The molecule has 0 N–H and O–H groups in total. The molecule has 1 atom stereocenters. The molecule has 0 saturated carbocycles. The molecule has 2 aliphatic rings. The summed E-state index contributed by atoms with van der Waals surface area (Å²) in [6.45, 7) is 10.3. The van der Waals surface area contributed by atoms with E-state index in [9.17, 15) is 0 Å². The number of benzene rings is 9. The van der Waals surface area contributed by atoms with Gasteiger partial charge in [-0.3, -0.25) is 4.99 Å². The lowest BCUT2D eigenvalue weighted by Crippen LogP contribution is -2.06. The van der Waals surface area contributed by atoms with Crippen molar-refractivity contribution in [3.8, 4) is 39.1 Å². The maximum atomic E-state index is 4.95. The number of allylic oxidation sites excluding steroid dienone is 6. The number of aliphatic imine (C=N–C) groups is 1. The molecule has 2 aliphatic carbocycles. The van der Waals surface area contributed by atoms with Crippen molar-refractivity contribution in [2.75, 3.05) is 0 Å². The standard InChI is InChI=1S/C64H45N3.C2H6/c1-3-65-64(62-41(2)52-23-13-19-44-20-14-24-53(62)63(44)52)45-25-31-51(32-26-45)67-60-34-28-47(43-17-9-5-10-18-43)38-55(60)57-40-49(30-36-61(57)67)48-29-35-59-56(39-48)54-37-46(42-15-7-4-8-16-42)27-33-58(54)66(59)50-21-11-6-12-22-50;1-2/h3-21,23-40,50H,1,22H2,2H3;1-2H3. The van der Waals surface area contributed by atoms with Crippen LogP contribution in [-0.2, 0) is 0 Å². The number of nitrogens with zero attached hydrogens (tertiary/aromatic N) is 3. The van der Waals surface area contributed by atoms with E-state index in [-0.39, 0.29) is 6.04 Å². The molecule has 69 heavy (non-hydrogen) atoms. The molecular weight excluding hydrogens is 835 g/mol. The van der Waals surface area contributed by atoms with Crippen molar-refractivity contribution < 1.29 is 0 Å². The molecule has 3 nitrogen and oxygen atoms in total. The van der Waals surface area contributed by atoms with Crippen LogP contribution in [0.2, 0.25) is 0 Å². The van der Waals surface area contributed by atoms with E-state index in [0.717, 1.165) is 34.4 Å². The van der Waals surface area contributed by atoms with E-state index in [4.69, 9.17) is 4.99 Å². The van der Waals surface area contributed by atoms with Gasteiger partial charge in [0.05, 0.1) is 22.8 Å². The highest BCUT2D eigenvalue weighted by atomic mass is 15.0. The molecule has 0 radical (unpaired) electrons. The van der Waals surface area contributed by atoms with Gasteiger partial charge in [0.2, 0.25) is 0 Å². The zero-order valence-electron chi connectivity index (χ0n) is 39.2. The third kappa shape index (κ3) is 6.92. The summed E-state index contributed by atoms with van der Waals surface area (Å²) in [5, 5.41) is 7.52. The van der Waals surface area contributed by atoms with E-state index >= 15 is 0 Å². The van der Waals surface area contributed by atoms with Crippen molar-refractivity contribution >= 4 is 71.2 Å². The van der Waals surface area contributed by atoms with Crippen molar-refractivity contribution in [1.29, 1.82) is 0 Å². The Balaban J connectivity index is 0.00000243. The van der Waals surface area contributed by atoms with E-state index in [0.29, 0.717) is 0 Å². The molecule has 1 unspecified atom stereocenters. The molecule has 9 aromatic carbocycles. The summed E-state index contributed by atoms with van der Waals surface area (Å²) in [4.78, 5) is 4.95. The van der Waals surface area contributed by atoms with Crippen molar-refractivity contribution in [2.24, 2.45) is 4.99 Å². The molecule has 0 aliphatic heterocycles. The molecule has 13 rings (SSSR count). The van der Waals surface area contributed by atoms with Crippen molar-refractivity contribution in [3.05, 3.63) is 248 Å². The third-order valence-electron chi connectivity index (χ3n) is 14.2. The van der Waals surface area contributed by atoms with Crippen molar-refractivity contribution in [1.82, 2.24) is 9.13 Å². The minimum Gasteiger partial charge on any atom is -0.333 e. The van der Waals surface area contributed by atoms with Gasteiger partial charge in [-0.15, -0.1) is 0 Å². The van der Waals surface area contributed by atoms with Gasteiger partial charge in [-0.05, 0) is 135 Å². The third-order valence-corrected chi connectivity index (χ3v) is 14.2. The lowest BCUT2D eigenvalue weighted by atomic mass is 9.94. The van der Waals surface area contributed by atoms with Gasteiger partial charge in [-0.1, -0.05) is 178 Å². The monoisotopic (exact) mass is 885 g/mol. The molecule has 0 amide bonds. The highest BCUT2D eigenvalue weighted by Crippen LogP contribution is 2.45. The first-order valence-corrected chi connectivity index (χ1v) is 24.2. The molecule has 11 aromatic rings. The first-order valence-electron chi connectivity index (χ1n) is 24.2. The molecule has 2 aromatic heterocycles. The van der Waals surface area contributed by atoms with E-state index in [2.05, 4.69) is 241 Å². The molecule has 2 heterocycles. The molecule has 0 fully saturated rings. The average molecular weight is 886 g/mol. The smallest absolute Gasteiger partial charge is 0.0783 e. The Kier molecular flexibility index (Phi) is 10.5. The Bertz CT molecular complexity index is 3940. The van der Waals surface area contributed by atoms with Crippen LogP contribution in [-0.4, -0.2) is 14.8 Å². The Hall–Kier alpha value is -8.53. The van der Waals surface area contributed by atoms with Gasteiger partial charge in [0, 0.05) is 55.6 Å². The highest BCUT2D eigenvalue weighted by molar-refractivity contribution is 6.41. The molecule has 0 saturated heterocycles. The minimum atomic E-state index is 0.255. The van der Waals surface area contributed by atoms with Gasteiger partial charge < -0.3 is 9.13 Å². The minimum absolute atomic E-state index is 0.255. The number of hydrogen-bond donors (Lipinski definition) is 0. The second-order valence-corrected chi connectivity index (χ2v) is 17.9. The molecule has 0 bridgehead atoms. The lowest BCUT2D eigenvalue weighted by molar-refractivity contribution is 0.648. The summed E-state index contributed by atoms with van der Waals surface area (Å²) in [7, 11) is 0. The van der Waals surface area contributed by atoms with Gasteiger partial charge in [-0.25, -0.2) is 0 Å². The molecule has 0 spiro atoms. The Morgan fingerprint density at radius 3 is 1.55 bits per heavy atom. The van der Waals surface area contributed by atoms with Crippen LogP contribution >= 0.6 is 0 Å². The zero-order chi connectivity index (χ0) is 46.6. The first-order chi connectivity index (χ1) is 34.1. The fourth-order valence-electron chi connectivity index (χ4n) is 11.1. The normalized spacial score (nSPS) is 14.4. The summed E-state index contributed by atoms with van der Waals surface area (Å²) in [5.41, 5.74) is 20.1. The predicted molar refractivity (Wildman–Crippen MR) is 297 cm³/mol. The van der Waals surface area contributed by atoms with Crippen LogP contribution in [0.3, 0.4) is 0 Å². The number of hydrogen-bond acceptors (Lipinski definition) is 1. The average Bonchev–Trinajstić information content (AvgIpc) is 4.03. The largest absolute Gasteiger partial charge is 0.333 e. The van der Waals surface area contributed by atoms with Crippen LogP contribution in [0.5, 0.6) is 0 Å². The van der Waals surface area contributed by atoms with Gasteiger partial charge >= 0.3 is 0 Å². The maximum absolute atomic E-state index is 4.95. The molecule has 3 heteroatoms. The number of fused-ring (bicyclic) bond motifs is 6. The highest BCUT2D eigenvalue weighted by Gasteiger charge is 2.26. The van der Waals surface area contributed by atoms with Crippen LogP contribution in [0.25, 0.3) is 105 Å². The van der Waals surface area contributed by atoms with Gasteiger partial charge in [0.15, 0.2) is 0 Å². The maximum Gasteiger partial charge on any atom is 0.0783 e. The Morgan fingerprint density at radius 2 is 1.03 bits per heavy atom. The topological polar surface area (TPSA) is 22.2 Å². The van der Waals surface area contributed by atoms with Crippen LogP contribution in [0, 0.1) is 0 Å². The summed E-state index contributed by atoms with van der Waals surface area (Å²) < 4.78 is 4.95. The molecular formula is C66H51N3. The summed E-state index contributed by atoms with van der Waals surface area (Å²) in [6.07, 6.45) is 11.6. The van der Waals surface area contributed by atoms with E-state index in [1.165, 1.54) is 99.0 Å². The van der Waals surface area contributed by atoms with E-state index in [1.54, 1.807) is 6.20 Å². The second kappa shape index (κ2) is 17.3. The predicted octanol–water partition coefficient (Wildman–Crippen LogP) is 18.0. The summed E-state index contributed by atoms with van der Waals surface area (Å²) >= 11 is 0. The number of rotatable bonds is 8. The molecule has 330 valence electrons. The second-order valence-electron chi connectivity index (χ2n) is 17.9. The van der Waals surface area contributed by atoms with E-state index < -0.39 is 0 Å². The van der Waals surface area contributed by atoms with Crippen molar-refractivity contribution in [2.45, 2.75) is 33.2 Å². The summed E-state index contributed by atoms with van der Waals surface area (Å²) in [5.74, 6) is 0. The van der Waals surface area contributed by atoms with Crippen LogP contribution < -0.4 is 0 Å². The quantitative estimate of drug-likeness (QED) is 0.136. The Morgan fingerprint density at radius 1 is 0.522 bits per heavy atom. The van der Waals surface area contributed by atoms with Gasteiger partial charge in [0.1, 0.15) is 0 Å². The lowest BCUT2D eigenvalue weighted by Gasteiger charge is -2.18. The first kappa shape index (κ1) is 41.9. The zero-order valence-corrected chi connectivity index (χ0v) is 39.2. The summed E-state index contributed by atoms with van der Waals surface area (Å²) in [6, 6.07) is 71.8. The van der Waals surface area contributed by atoms with Crippen LogP contribution in [0.4, 0.5) is 0 Å².